The van der Waals surface area contributed by atoms with Gasteiger partial charge in [-0.15, -0.1) is 0 Å². The number of para-hydroxylation sites is 2. The number of fused-ring (bicyclic) bond motifs is 2. The Bertz CT molecular complexity index is 1070. The van der Waals surface area contributed by atoms with E-state index < -0.39 is 16.7 Å². The highest BCUT2D eigenvalue weighted by Gasteiger charge is 2.20. The number of hydrogen-bond acceptors (Lipinski definition) is 3. The largest absolute Gasteiger partial charge is 0.341 e. The van der Waals surface area contributed by atoms with Gasteiger partial charge in [0.25, 0.3) is 0 Å². The first-order valence-corrected chi connectivity index (χ1v) is 11.6. The average molecular weight is 425 g/mol. The van der Waals surface area contributed by atoms with Crippen molar-refractivity contribution in [1.29, 1.82) is 0 Å². The highest BCUT2D eigenvalue weighted by Crippen LogP contribution is 2.35. The lowest BCUT2D eigenvalue weighted by Crippen LogP contribution is -2.28. The van der Waals surface area contributed by atoms with Gasteiger partial charge >= 0.3 is 0 Å². The second-order valence-electron chi connectivity index (χ2n) is 7.44. The number of aryl methyl sites for hydroxylation is 2. The van der Waals surface area contributed by atoms with Gasteiger partial charge in [-0.25, -0.2) is 17.5 Å². The molecular weight excluding hydrogens is 399 g/mol. The van der Waals surface area contributed by atoms with Crippen LogP contribution in [0.3, 0.4) is 0 Å². The Morgan fingerprint density at radius 1 is 0.833 bits per heavy atom. The van der Waals surface area contributed by atoms with Crippen LogP contribution in [0.4, 0.5) is 15.8 Å². The Morgan fingerprint density at radius 3 is 1.97 bits per heavy atom. The number of sulfonamides is 1. The minimum Gasteiger partial charge on any atom is -0.341 e. The molecule has 3 aromatic rings. The number of halogens is 1. The minimum atomic E-state index is -3.61. The third-order valence-electron chi connectivity index (χ3n) is 5.47. The van der Waals surface area contributed by atoms with Crippen LogP contribution in [0.2, 0.25) is 0 Å². The van der Waals surface area contributed by atoms with E-state index in [0.717, 1.165) is 12.8 Å². The number of hydrogen-bond donors (Lipinski definition) is 1. The van der Waals surface area contributed by atoms with E-state index in [4.69, 9.17) is 0 Å². The van der Waals surface area contributed by atoms with E-state index in [9.17, 15) is 12.8 Å². The second-order valence-corrected chi connectivity index (χ2v) is 9.20. The van der Waals surface area contributed by atoms with Crippen LogP contribution in [0.1, 0.15) is 23.1 Å². The predicted octanol–water partition coefficient (Wildman–Crippen LogP) is 4.76. The molecule has 4 rings (SSSR count). The van der Waals surface area contributed by atoms with Crippen molar-refractivity contribution >= 4 is 21.4 Å². The highest BCUT2D eigenvalue weighted by molar-refractivity contribution is 7.89. The molecule has 0 saturated heterocycles. The molecule has 0 spiro atoms. The molecule has 0 amide bonds. The Hall–Kier alpha value is -2.70. The molecule has 6 heteroatoms. The zero-order valence-electron chi connectivity index (χ0n) is 16.7. The van der Waals surface area contributed by atoms with Crippen molar-refractivity contribution in [2.75, 3.05) is 18.0 Å². The van der Waals surface area contributed by atoms with Crippen LogP contribution >= 0.6 is 0 Å². The highest BCUT2D eigenvalue weighted by atomic mass is 32.2. The number of nitrogens with zero attached hydrogens (tertiary/aromatic N) is 1. The third-order valence-corrected chi connectivity index (χ3v) is 6.94. The molecule has 30 heavy (non-hydrogen) atoms. The van der Waals surface area contributed by atoms with Crippen LogP contribution in [0.5, 0.6) is 0 Å². The van der Waals surface area contributed by atoms with Crippen molar-refractivity contribution < 1.29 is 12.8 Å². The SMILES string of the molecule is O=S(=O)(NCCCN1c2ccccc2CCc2ccccc21)c1ccc(CF)cc1. The summed E-state index contributed by atoms with van der Waals surface area (Å²) in [5.74, 6) is 0. The van der Waals surface area contributed by atoms with Gasteiger partial charge in [-0.1, -0.05) is 48.5 Å². The van der Waals surface area contributed by atoms with Gasteiger partial charge in [-0.3, -0.25) is 0 Å². The minimum absolute atomic E-state index is 0.158. The van der Waals surface area contributed by atoms with Gasteiger partial charge in [0.05, 0.1) is 4.90 Å². The normalized spacial score (nSPS) is 13.4. The molecule has 0 fully saturated rings. The summed E-state index contributed by atoms with van der Waals surface area (Å²) >= 11 is 0. The van der Waals surface area contributed by atoms with Gasteiger partial charge in [0.1, 0.15) is 6.67 Å². The van der Waals surface area contributed by atoms with Crippen molar-refractivity contribution in [2.24, 2.45) is 0 Å². The zero-order valence-corrected chi connectivity index (χ0v) is 17.5. The van der Waals surface area contributed by atoms with Gasteiger partial charge in [0.2, 0.25) is 10.0 Å². The Morgan fingerprint density at radius 2 is 1.40 bits per heavy atom. The molecular formula is C24H25FN2O2S. The zero-order chi connectivity index (χ0) is 21.0. The van der Waals surface area contributed by atoms with Crippen LogP contribution in [-0.2, 0) is 29.5 Å². The van der Waals surface area contributed by atoms with Crippen molar-refractivity contribution in [3.63, 3.8) is 0 Å². The summed E-state index contributed by atoms with van der Waals surface area (Å²) in [4.78, 5) is 2.45. The van der Waals surface area contributed by atoms with Gasteiger partial charge < -0.3 is 4.90 Å². The van der Waals surface area contributed by atoms with E-state index in [2.05, 4.69) is 46.0 Å². The summed E-state index contributed by atoms with van der Waals surface area (Å²) in [7, 11) is -3.61. The van der Waals surface area contributed by atoms with Gasteiger partial charge in [0, 0.05) is 24.5 Å². The lowest BCUT2D eigenvalue weighted by atomic mass is 10.0. The van der Waals surface area contributed by atoms with Gasteiger partial charge in [-0.2, -0.15) is 0 Å². The molecule has 156 valence electrons. The molecule has 0 aromatic heterocycles. The number of benzene rings is 3. The molecule has 1 N–H and O–H groups in total. The summed E-state index contributed by atoms with van der Waals surface area (Å²) in [6, 6.07) is 22.7. The Kier molecular flexibility index (Phi) is 6.16. The van der Waals surface area contributed by atoms with E-state index in [1.807, 2.05) is 12.1 Å². The predicted molar refractivity (Wildman–Crippen MR) is 118 cm³/mol. The molecule has 1 aliphatic rings. The van der Waals surface area contributed by atoms with Crippen LogP contribution in [0.25, 0.3) is 0 Å². The van der Waals surface area contributed by atoms with E-state index in [1.165, 1.54) is 46.8 Å². The molecule has 1 heterocycles. The van der Waals surface area contributed by atoms with E-state index >= 15 is 0 Å². The fraction of sp³-hybridized carbons (Fsp3) is 0.250. The molecule has 0 radical (unpaired) electrons. The molecule has 0 bridgehead atoms. The summed E-state index contributed by atoms with van der Waals surface area (Å²) in [6.07, 6.45) is 2.64. The van der Waals surface area contributed by atoms with E-state index in [1.54, 1.807) is 0 Å². The molecule has 1 aliphatic heterocycles. The van der Waals surface area contributed by atoms with Gasteiger partial charge in [0.15, 0.2) is 0 Å². The Balaban J connectivity index is 1.46. The van der Waals surface area contributed by atoms with Crippen molar-refractivity contribution in [1.82, 2.24) is 4.72 Å². The van der Waals surface area contributed by atoms with E-state index in [-0.39, 0.29) is 4.90 Å². The lowest BCUT2D eigenvalue weighted by molar-refractivity contribution is 0.485. The molecule has 4 nitrogen and oxygen atoms in total. The number of nitrogens with one attached hydrogen (secondary N) is 1. The fourth-order valence-corrected chi connectivity index (χ4v) is 4.97. The maximum Gasteiger partial charge on any atom is 0.240 e. The maximum atomic E-state index is 12.6. The molecule has 0 unspecified atom stereocenters. The first-order valence-electron chi connectivity index (χ1n) is 10.2. The van der Waals surface area contributed by atoms with Crippen LogP contribution < -0.4 is 9.62 Å². The number of rotatable bonds is 7. The summed E-state index contributed by atoms with van der Waals surface area (Å²) < 4.78 is 40.3. The standard InChI is InChI=1S/C24H25FN2O2S/c25-18-19-10-14-22(15-11-19)30(28,29)26-16-5-17-27-23-8-3-1-6-20(23)12-13-21-7-2-4-9-24(21)27/h1-4,6-11,14-15,26H,5,12-13,16-18H2. The number of anilines is 2. The molecule has 0 atom stereocenters. The summed E-state index contributed by atoms with van der Waals surface area (Å²) in [5.41, 5.74) is 5.45. The van der Waals surface area contributed by atoms with E-state index in [0.29, 0.717) is 25.1 Å². The third kappa shape index (κ3) is 4.40. The quantitative estimate of drug-likeness (QED) is 0.556. The molecule has 0 aliphatic carbocycles. The molecule has 3 aromatic carbocycles. The monoisotopic (exact) mass is 424 g/mol. The molecule has 0 saturated carbocycles. The van der Waals surface area contributed by atoms with Crippen LogP contribution in [0.15, 0.2) is 77.7 Å². The summed E-state index contributed by atoms with van der Waals surface area (Å²) in [5, 5.41) is 0. The first-order chi connectivity index (χ1) is 14.6. The van der Waals surface area contributed by atoms with Crippen molar-refractivity contribution in [3.05, 3.63) is 89.5 Å². The number of alkyl halides is 1. The van der Waals surface area contributed by atoms with Crippen LogP contribution in [-0.4, -0.2) is 21.5 Å². The maximum absolute atomic E-state index is 12.6. The Labute approximate surface area is 177 Å². The van der Waals surface area contributed by atoms with Crippen molar-refractivity contribution in [3.8, 4) is 0 Å². The fourth-order valence-electron chi connectivity index (χ4n) is 3.90. The first kappa shape index (κ1) is 20.6. The lowest BCUT2D eigenvalue weighted by Gasteiger charge is -2.27. The van der Waals surface area contributed by atoms with Crippen molar-refractivity contribution in [2.45, 2.75) is 30.8 Å². The van der Waals surface area contributed by atoms with Crippen LogP contribution in [0, 0.1) is 0 Å². The second kappa shape index (κ2) is 8.98. The average Bonchev–Trinajstić information content (AvgIpc) is 2.94. The topological polar surface area (TPSA) is 49.4 Å². The summed E-state index contributed by atoms with van der Waals surface area (Å²) in [6.45, 7) is 0.428. The smallest absolute Gasteiger partial charge is 0.240 e. The van der Waals surface area contributed by atoms with Gasteiger partial charge in [-0.05, 0) is 60.2 Å².